The van der Waals surface area contributed by atoms with Crippen molar-refractivity contribution in [1.29, 1.82) is 5.26 Å². The fourth-order valence-corrected chi connectivity index (χ4v) is 2.63. The quantitative estimate of drug-likeness (QED) is 0.581. The van der Waals surface area contributed by atoms with E-state index in [0.717, 1.165) is 37.7 Å². The third kappa shape index (κ3) is 5.40. The van der Waals surface area contributed by atoms with E-state index in [-0.39, 0.29) is 5.41 Å². The first-order valence-electron chi connectivity index (χ1n) is 8.00. The van der Waals surface area contributed by atoms with E-state index >= 15 is 0 Å². The third-order valence-corrected chi connectivity index (χ3v) is 4.23. The molecule has 0 radical (unpaired) electrons. The van der Waals surface area contributed by atoms with Crippen molar-refractivity contribution in [2.45, 2.75) is 58.5 Å². The molecule has 0 aromatic heterocycles. The molecule has 0 amide bonds. The monoisotopic (exact) mass is 285 g/mol. The van der Waals surface area contributed by atoms with Gasteiger partial charge in [-0.05, 0) is 63.8 Å². The highest BCUT2D eigenvalue weighted by Crippen LogP contribution is 2.29. The zero-order valence-corrected chi connectivity index (χ0v) is 13.3. The number of nitrogen functional groups attached to an aromatic ring is 1. The Hall–Kier alpha value is -1.53. The highest BCUT2D eigenvalue weighted by molar-refractivity contribution is 5.39. The zero-order valence-electron chi connectivity index (χ0n) is 13.3. The molecule has 1 aliphatic carbocycles. The lowest BCUT2D eigenvalue weighted by Gasteiger charge is -2.23. The fourth-order valence-electron chi connectivity index (χ4n) is 2.63. The van der Waals surface area contributed by atoms with Crippen LogP contribution in [0.3, 0.4) is 0 Å². The predicted molar refractivity (Wildman–Crippen MR) is 87.5 cm³/mol. The minimum absolute atomic E-state index is 0.179. The molecule has 1 aromatic rings. The lowest BCUT2D eigenvalue weighted by atomic mass is 9.89. The molecule has 0 saturated heterocycles. The Bertz CT molecular complexity index is 480. The smallest absolute Gasteiger partial charge is 0.0683 e. The molecule has 0 heterocycles. The van der Waals surface area contributed by atoms with Crippen LogP contribution in [-0.2, 0) is 6.54 Å². The normalized spacial score (nSPS) is 15.1. The summed E-state index contributed by atoms with van der Waals surface area (Å²) in [7, 11) is 0. The van der Waals surface area contributed by atoms with E-state index in [1.165, 1.54) is 24.8 Å². The molecule has 0 atom stereocenters. The summed E-state index contributed by atoms with van der Waals surface area (Å²) in [4.78, 5) is 2.59. The molecule has 0 spiro atoms. The van der Waals surface area contributed by atoms with Crippen LogP contribution in [0.4, 0.5) is 5.69 Å². The molecule has 3 heteroatoms. The maximum atomic E-state index is 9.05. The molecule has 3 nitrogen and oxygen atoms in total. The van der Waals surface area contributed by atoms with Gasteiger partial charge in [0.2, 0.25) is 0 Å². The molecule has 114 valence electrons. The van der Waals surface area contributed by atoms with Crippen LogP contribution in [0.15, 0.2) is 24.3 Å². The first kappa shape index (κ1) is 15.9. The van der Waals surface area contributed by atoms with Gasteiger partial charge in [0.25, 0.3) is 0 Å². The minimum atomic E-state index is -0.179. The van der Waals surface area contributed by atoms with Gasteiger partial charge in [-0.3, -0.25) is 4.90 Å². The van der Waals surface area contributed by atoms with Gasteiger partial charge in [0, 0.05) is 18.3 Å². The lowest BCUT2D eigenvalue weighted by Crippen LogP contribution is -2.27. The van der Waals surface area contributed by atoms with Crippen molar-refractivity contribution in [2.75, 3.05) is 12.3 Å². The second-order valence-corrected chi connectivity index (χ2v) is 6.90. The Labute approximate surface area is 128 Å². The average Bonchev–Trinajstić information content (AvgIpc) is 3.29. The van der Waals surface area contributed by atoms with Gasteiger partial charge in [0.1, 0.15) is 0 Å². The maximum absolute atomic E-state index is 9.05. The number of rotatable bonds is 8. The van der Waals surface area contributed by atoms with Crippen LogP contribution in [-0.4, -0.2) is 17.5 Å². The molecular weight excluding hydrogens is 258 g/mol. The number of benzene rings is 1. The van der Waals surface area contributed by atoms with E-state index in [9.17, 15) is 0 Å². The lowest BCUT2D eigenvalue weighted by molar-refractivity contribution is 0.244. The van der Waals surface area contributed by atoms with E-state index in [0.29, 0.717) is 0 Å². The van der Waals surface area contributed by atoms with Crippen LogP contribution in [0.1, 0.15) is 51.5 Å². The molecular formula is C18H27N3. The molecule has 0 bridgehead atoms. The van der Waals surface area contributed by atoms with Crippen LogP contribution in [0.5, 0.6) is 0 Å². The molecule has 2 rings (SSSR count). The van der Waals surface area contributed by atoms with Gasteiger partial charge in [-0.1, -0.05) is 18.6 Å². The van der Waals surface area contributed by atoms with E-state index in [2.05, 4.69) is 23.1 Å². The van der Waals surface area contributed by atoms with E-state index < -0.39 is 0 Å². The Morgan fingerprint density at radius 3 is 2.48 bits per heavy atom. The van der Waals surface area contributed by atoms with Crippen molar-refractivity contribution in [1.82, 2.24) is 4.90 Å². The predicted octanol–water partition coefficient (Wildman–Crippen LogP) is 3.95. The van der Waals surface area contributed by atoms with Crippen molar-refractivity contribution in [3.8, 4) is 6.07 Å². The van der Waals surface area contributed by atoms with Gasteiger partial charge in [-0.15, -0.1) is 0 Å². The van der Waals surface area contributed by atoms with Gasteiger partial charge in [-0.2, -0.15) is 5.26 Å². The standard InChI is InChI=1S/C18H27N3/c1-18(2,14-19)11-3-4-12-21(17-9-10-17)13-15-5-7-16(20)8-6-15/h5-8,17H,3-4,9-13,20H2,1-2H3. The van der Waals surface area contributed by atoms with Crippen LogP contribution < -0.4 is 5.73 Å². The number of unbranched alkanes of at least 4 members (excludes halogenated alkanes) is 1. The summed E-state index contributed by atoms with van der Waals surface area (Å²) < 4.78 is 0. The average molecular weight is 285 g/mol. The summed E-state index contributed by atoms with van der Waals surface area (Å²) >= 11 is 0. The Kier molecular flexibility index (Phi) is 5.25. The van der Waals surface area contributed by atoms with Gasteiger partial charge in [0.15, 0.2) is 0 Å². The van der Waals surface area contributed by atoms with Crippen molar-refractivity contribution in [3.05, 3.63) is 29.8 Å². The number of hydrogen-bond acceptors (Lipinski definition) is 3. The molecule has 0 unspecified atom stereocenters. The van der Waals surface area contributed by atoms with Crippen LogP contribution in [0, 0.1) is 16.7 Å². The molecule has 21 heavy (non-hydrogen) atoms. The highest BCUT2D eigenvalue weighted by Gasteiger charge is 2.28. The van der Waals surface area contributed by atoms with E-state index in [1.807, 2.05) is 26.0 Å². The second-order valence-electron chi connectivity index (χ2n) is 6.90. The summed E-state index contributed by atoms with van der Waals surface area (Å²) in [5.74, 6) is 0. The first-order valence-corrected chi connectivity index (χ1v) is 8.00. The van der Waals surface area contributed by atoms with Crippen molar-refractivity contribution in [2.24, 2.45) is 5.41 Å². The second kappa shape index (κ2) is 6.95. The van der Waals surface area contributed by atoms with Gasteiger partial charge in [-0.25, -0.2) is 0 Å². The Morgan fingerprint density at radius 2 is 1.90 bits per heavy atom. The number of nitrogens with two attached hydrogens (primary N) is 1. The summed E-state index contributed by atoms with van der Waals surface area (Å²) in [5, 5.41) is 9.05. The first-order chi connectivity index (χ1) is 10.00. The summed E-state index contributed by atoms with van der Waals surface area (Å²) in [6, 6.07) is 11.4. The molecule has 2 N–H and O–H groups in total. The van der Waals surface area contributed by atoms with Crippen molar-refractivity contribution in [3.63, 3.8) is 0 Å². The highest BCUT2D eigenvalue weighted by atomic mass is 15.2. The third-order valence-electron chi connectivity index (χ3n) is 4.23. The maximum Gasteiger partial charge on any atom is 0.0683 e. The number of nitriles is 1. The number of anilines is 1. The largest absolute Gasteiger partial charge is 0.399 e. The Balaban J connectivity index is 1.78. The van der Waals surface area contributed by atoms with Crippen LogP contribution in [0.2, 0.25) is 0 Å². The molecule has 1 aromatic carbocycles. The topological polar surface area (TPSA) is 53.0 Å². The molecule has 1 aliphatic rings. The number of hydrogen-bond donors (Lipinski definition) is 1. The van der Waals surface area contributed by atoms with Gasteiger partial charge < -0.3 is 5.73 Å². The van der Waals surface area contributed by atoms with Crippen LogP contribution >= 0.6 is 0 Å². The molecule has 1 fully saturated rings. The van der Waals surface area contributed by atoms with Crippen molar-refractivity contribution >= 4 is 5.69 Å². The van der Waals surface area contributed by atoms with E-state index in [4.69, 9.17) is 11.0 Å². The zero-order chi connectivity index (χ0) is 15.3. The summed E-state index contributed by atoms with van der Waals surface area (Å²) in [6.45, 7) is 6.21. The van der Waals surface area contributed by atoms with E-state index in [1.54, 1.807) is 0 Å². The van der Waals surface area contributed by atoms with Crippen LogP contribution in [0.25, 0.3) is 0 Å². The Morgan fingerprint density at radius 1 is 1.24 bits per heavy atom. The minimum Gasteiger partial charge on any atom is -0.399 e. The molecule has 1 saturated carbocycles. The number of nitrogens with zero attached hydrogens (tertiary/aromatic N) is 2. The summed E-state index contributed by atoms with van der Waals surface area (Å²) in [5.41, 5.74) is 7.73. The fraction of sp³-hybridized carbons (Fsp3) is 0.611. The van der Waals surface area contributed by atoms with Crippen molar-refractivity contribution < 1.29 is 0 Å². The van der Waals surface area contributed by atoms with Gasteiger partial charge >= 0.3 is 0 Å². The SMILES string of the molecule is CC(C)(C#N)CCCCN(Cc1ccc(N)cc1)C1CC1. The van der Waals surface area contributed by atoms with Gasteiger partial charge in [0.05, 0.1) is 11.5 Å². The molecule has 0 aliphatic heterocycles. The summed E-state index contributed by atoms with van der Waals surface area (Å²) in [6.07, 6.45) is 5.96.